The van der Waals surface area contributed by atoms with Gasteiger partial charge in [0.05, 0.1) is 5.69 Å². The van der Waals surface area contributed by atoms with E-state index in [-0.39, 0.29) is 0 Å². The summed E-state index contributed by atoms with van der Waals surface area (Å²) in [5.41, 5.74) is 2.29. The van der Waals surface area contributed by atoms with Gasteiger partial charge in [-0.2, -0.15) is 0 Å². The summed E-state index contributed by atoms with van der Waals surface area (Å²) in [5.74, 6) is 0.898. The van der Waals surface area contributed by atoms with Crippen LogP contribution in [0.1, 0.15) is 50.9 Å². The Morgan fingerprint density at radius 2 is 2.19 bits per heavy atom. The molecule has 1 N–H and O–H groups in total. The van der Waals surface area contributed by atoms with Crippen molar-refractivity contribution in [1.29, 1.82) is 0 Å². The third-order valence-corrected chi connectivity index (χ3v) is 4.58. The van der Waals surface area contributed by atoms with Gasteiger partial charge in [-0.1, -0.05) is 32.8 Å². The maximum Gasteiger partial charge on any atom is 0.0547 e. The Kier molecular flexibility index (Phi) is 6.65. The number of pyridine rings is 1. The van der Waals surface area contributed by atoms with Gasteiger partial charge in [0.25, 0.3) is 0 Å². The second-order valence-corrected chi connectivity index (χ2v) is 6.56. The van der Waals surface area contributed by atoms with Crippen molar-refractivity contribution < 1.29 is 0 Å². The first-order valence-corrected chi connectivity index (χ1v) is 8.55. The normalized spacial score (nSPS) is 22.7. The third kappa shape index (κ3) is 5.76. The van der Waals surface area contributed by atoms with Gasteiger partial charge in [-0.15, -0.1) is 0 Å². The molecule has 1 heterocycles. The number of likely N-dealkylation sites (N-methyl/N-ethyl adjacent to an activating group) is 1. The zero-order valence-corrected chi connectivity index (χ0v) is 13.9. The van der Waals surface area contributed by atoms with Crippen molar-refractivity contribution in [3.8, 4) is 0 Å². The SMILES string of the molecule is CCN(CCNC1CCCC(C)C1)Cc1cccc(C)n1. The Hall–Kier alpha value is -0.930. The van der Waals surface area contributed by atoms with E-state index in [1.807, 2.05) is 0 Å². The van der Waals surface area contributed by atoms with Gasteiger partial charge in [-0.25, -0.2) is 0 Å². The van der Waals surface area contributed by atoms with E-state index < -0.39 is 0 Å². The van der Waals surface area contributed by atoms with E-state index in [9.17, 15) is 0 Å². The van der Waals surface area contributed by atoms with Gasteiger partial charge in [0.2, 0.25) is 0 Å². The third-order valence-electron chi connectivity index (χ3n) is 4.58. The van der Waals surface area contributed by atoms with Crippen molar-refractivity contribution >= 4 is 0 Å². The largest absolute Gasteiger partial charge is 0.313 e. The van der Waals surface area contributed by atoms with E-state index in [0.717, 1.165) is 43.8 Å². The van der Waals surface area contributed by atoms with Gasteiger partial charge < -0.3 is 5.32 Å². The standard InChI is InChI=1S/C18H31N3/c1-4-21(14-18-10-6-8-16(3)20-18)12-11-19-17-9-5-7-15(2)13-17/h6,8,10,15,17,19H,4-5,7,9,11-14H2,1-3H3. The van der Waals surface area contributed by atoms with Crippen LogP contribution in [0.15, 0.2) is 18.2 Å². The molecule has 2 atom stereocenters. The van der Waals surface area contributed by atoms with Crippen LogP contribution >= 0.6 is 0 Å². The molecule has 0 radical (unpaired) electrons. The molecule has 0 saturated heterocycles. The molecule has 1 aliphatic rings. The van der Waals surface area contributed by atoms with E-state index in [1.54, 1.807) is 0 Å². The van der Waals surface area contributed by atoms with Crippen molar-refractivity contribution in [2.75, 3.05) is 19.6 Å². The fourth-order valence-electron chi connectivity index (χ4n) is 3.31. The Morgan fingerprint density at radius 3 is 2.90 bits per heavy atom. The van der Waals surface area contributed by atoms with Crippen LogP contribution in [0.5, 0.6) is 0 Å². The van der Waals surface area contributed by atoms with Crippen LogP contribution in [0, 0.1) is 12.8 Å². The number of rotatable bonds is 7. The molecule has 1 aliphatic carbocycles. The Labute approximate surface area is 130 Å². The molecular formula is C18H31N3. The van der Waals surface area contributed by atoms with E-state index >= 15 is 0 Å². The summed E-state index contributed by atoms with van der Waals surface area (Å²) < 4.78 is 0. The van der Waals surface area contributed by atoms with Crippen LogP contribution in [-0.2, 0) is 6.54 Å². The highest BCUT2D eigenvalue weighted by atomic mass is 15.1. The molecule has 0 aliphatic heterocycles. The highest BCUT2D eigenvalue weighted by molar-refractivity contribution is 5.09. The minimum Gasteiger partial charge on any atom is -0.313 e. The van der Waals surface area contributed by atoms with Crippen LogP contribution in [0.3, 0.4) is 0 Å². The Morgan fingerprint density at radius 1 is 1.33 bits per heavy atom. The Balaban J connectivity index is 1.72. The van der Waals surface area contributed by atoms with Gasteiger partial charge in [-0.3, -0.25) is 9.88 Å². The van der Waals surface area contributed by atoms with Gasteiger partial charge >= 0.3 is 0 Å². The molecule has 1 aromatic heterocycles. The summed E-state index contributed by atoms with van der Waals surface area (Å²) in [4.78, 5) is 7.08. The van der Waals surface area contributed by atoms with Crippen molar-refractivity contribution in [3.05, 3.63) is 29.6 Å². The highest BCUT2D eigenvalue weighted by Crippen LogP contribution is 2.23. The average Bonchev–Trinajstić information content (AvgIpc) is 2.46. The minimum absolute atomic E-state index is 0.740. The summed E-state index contributed by atoms with van der Waals surface area (Å²) in [5, 5.41) is 3.75. The first-order valence-electron chi connectivity index (χ1n) is 8.55. The molecule has 1 fully saturated rings. The van der Waals surface area contributed by atoms with E-state index in [1.165, 1.54) is 31.4 Å². The topological polar surface area (TPSA) is 28.2 Å². The number of hydrogen-bond acceptors (Lipinski definition) is 3. The number of hydrogen-bond donors (Lipinski definition) is 1. The number of nitrogens with one attached hydrogen (secondary N) is 1. The van der Waals surface area contributed by atoms with Crippen molar-refractivity contribution in [1.82, 2.24) is 15.2 Å². The number of aromatic nitrogens is 1. The minimum atomic E-state index is 0.740. The van der Waals surface area contributed by atoms with E-state index in [2.05, 4.69) is 54.2 Å². The van der Waals surface area contributed by atoms with Crippen molar-refractivity contribution in [2.45, 2.75) is 59.0 Å². The molecule has 3 heteroatoms. The molecule has 0 aromatic carbocycles. The van der Waals surface area contributed by atoms with Crippen LogP contribution in [0.25, 0.3) is 0 Å². The fourth-order valence-corrected chi connectivity index (χ4v) is 3.31. The smallest absolute Gasteiger partial charge is 0.0547 e. The molecule has 1 saturated carbocycles. The second-order valence-electron chi connectivity index (χ2n) is 6.56. The molecule has 0 bridgehead atoms. The van der Waals surface area contributed by atoms with Crippen LogP contribution in [0.4, 0.5) is 0 Å². The zero-order valence-electron chi connectivity index (χ0n) is 13.9. The molecule has 2 rings (SSSR count). The quantitative estimate of drug-likeness (QED) is 0.834. The molecule has 3 nitrogen and oxygen atoms in total. The maximum atomic E-state index is 4.61. The van der Waals surface area contributed by atoms with Crippen LogP contribution < -0.4 is 5.32 Å². The number of aryl methyl sites for hydroxylation is 1. The van der Waals surface area contributed by atoms with Gasteiger partial charge in [-0.05, 0) is 44.4 Å². The maximum absolute atomic E-state index is 4.61. The van der Waals surface area contributed by atoms with Gasteiger partial charge in [0.1, 0.15) is 0 Å². The fraction of sp³-hybridized carbons (Fsp3) is 0.722. The first-order chi connectivity index (χ1) is 10.2. The summed E-state index contributed by atoms with van der Waals surface area (Å²) in [6.07, 6.45) is 5.52. The lowest BCUT2D eigenvalue weighted by molar-refractivity contribution is 0.251. The average molecular weight is 289 g/mol. The molecular weight excluding hydrogens is 258 g/mol. The highest BCUT2D eigenvalue weighted by Gasteiger charge is 2.18. The summed E-state index contributed by atoms with van der Waals surface area (Å²) in [7, 11) is 0. The molecule has 118 valence electrons. The van der Waals surface area contributed by atoms with E-state index in [0.29, 0.717) is 0 Å². The number of nitrogens with zero attached hydrogens (tertiary/aromatic N) is 2. The lowest BCUT2D eigenvalue weighted by Gasteiger charge is -2.29. The summed E-state index contributed by atoms with van der Waals surface area (Å²) in [6.45, 7) is 10.9. The molecule has 0 spiro atoms. The van der Waals surface area contributed by atoms with Crippen molar-refractivity contribution in [3.63, 3.8) is 0 Å². The first kappa shape index (κ1) is 16.4. The van der Waals surface area contributed by atoms with Crippen LogP contribution in [-0.4, -0.2) is 35.6 Å². The van der Waals surface area contributed by atoms with Crippen molar-refractivity contribution in [2.24, 2.45) is 5.92 Å². The molecule has 1 aromatic rings. The molecule has 0 amide bonds. The van der Waals surface area contributed by atoms with Gasteiger partial charge in [0.15, 0.2) is 0 Å². The molecule has 21 heavy (non-hydrogen) atoms. The molecule has 2 unspecified atom stereocenters. The van der Waals surface area contributed by atoms with Gasteiger partial charge in [0, 0.05) is 31.4 Å². The zero-order chi connectivity index (χ0) is 15.1. The van der Waals surface area contributed by atoms with E-state index in [4.69, 9.17) is 0 Å². The van der Waals surface area contributed by atoms with Crippen LogP contribution in [0.2, 0.25) is 0 Å². The second kappa shape index (κ2) is 8.50. The monoisotopic (exact) mass is 289 g/mol. The Bertz CT molecular complexity index is 419. The predicted octanol–water partition coefficient (Wildman–Crippen LogP) is 3.38. The lowest BCUT2D eigenvalue weighted by atomic mass is 9.87. The summed E-state index contributed by atoms with van der Waals surface area (Å²) >= 11 is 0. The summed E-state index contributed by atoms with van der Waals surface area (Å²) in [6, 6.07) is 7.04. The lowest BCUT2D eigenvalue weighted by Crippen LogP contribution is -2.39. The predicted molar refractivity (Wildman–Crippen MR) is 89.3 cm³/mol.